The molecular formula is C26H36N2O4. The summed E-state index contributed by atoms with van der Waals surface area (Å²) in [5.41, 5.74) is 2.05. The Morgan fingerprint density at radius 3 is 2.28 bits per heavy atom. The van der Waals surface area contributed by atoms with Gasteiger partial charge in [0.1, 0.15) is 11.8 Å². The van der Waals surface area contributed by atoms with Gasteiger partial charge in [0.25, 0.3) is 0 Å². The Bertz CT molecular complexity index is 821. The summed E-state index contributed by atoms with van der Waals surface area (Å²) in [6, 6.07) is 16.9. The van der Waals surface area contributed by atoms with E-state index in [1.54, 1.807) is 18.9 Å². The minimum absolute atomic E-state index is 0.0459. The first kappa shape index (κ1) is 25.4. The van der Waals surface area contributed by atoms with Crippen molar-refractivity contribution in [2.45, 2.75) is 58.7 Å². The van der Waals surface area contributed by atoms with Crippen LogP contribution in [0.15, 0.2) is 54.6 Å². The van der Waals surface area contributed by atoms with Gasteiger partial charge in [0, 0.05) is 26.1 Å². The van der Waals surface area contributed by atoms with Crippen molar-refractivity contribution in [3.63, 3.8) is 0 Å². The van der Waals surface area contributed by atoms with Crippen molar-refractivity contribution in [1.82, 2.24) is 10.2 Å². The highest BCUT2D eigenvalue weighted by atomic mass is 16.5. The molecule has 6 nitrogen and oxygen atoms in total. The van der Waals surface area contributed by atoms with E-state index in [4.69, 9.17) is 9.47 Å². The third-order valence-electron chi connectivity index (χ3n) is 5.22. The van der Waals surface area contributed by atoms with E-state index in [1.807, 2.05) is 68.4 Å². The normalized spacial score (nSPS) is 11.8. The lowest BCUT2D eigenvalue weighted by atomic mass is 10.1. The van der Waals surface area contributed by atoms with E-state index in [0.717, 1.165) is 23.3 Å². The molecule has 0 saturated heterocycles. The first-order valence-corrected chi connectivity index (χ1v) is 11.3. The number of methoxy groups -OCH3 is 1. The molecule has 0 fully saturated rings. The standard InChI is InChI=1S/C26H36N2O4/c1-20(2)32-18-8-17-27-26(30)21(3)28(19-23-11-14-24(31-4)15-12-23)25(29)16-13-22-9-6-5-7-10-22/h5-7,9-12,14-15,20-21H,8,13,16-19H2,1-4H3,(H,27,30)/t21-/m1/s1. The third-order valence-corrected chi connectivity index (χ3v) is 5.22. The number of hydrogen-bond acceptors (Lipinski definition) is 4. The van der Waals surface area contributed by atoms with Crippen LogP contribution in [0.5, 0.6) is 5.75 Å². The molecule has 0 radical (unpaired) electrons. The molecule has 32 heavy (non-hydrogen) atoms. The number of nitrogens with one attached hydrogen (secondary N) is 1. The summed E-state index contributed by atoms with van der Waals surface area (Å²) in [5.74, 6) is 0.552. The van der Waals surface area contributed by atoms with Crippen LogP contribution in [0.4, 0.5) is 0 Å². The fraction of sp³-hybridized carbons (Fsp3) is 0.462. The van der Waals surface area contributed by atoms with Crippen molar-refractivity contribution in [3.05, 3.63) is 65.7 Å². The van der Waals surface area contributed by atoms with Crippen LogP contribution in [0, 0.1) is 0 Å². The van der Waals surface area contributed by atoms with Crippen molar-refractivity contribution in [3.8, 4) is 5.75 Å². The van der Waals surface area contributed by atoms with Crippen molar-refractivity contribution in [2.24, 2.45) is 0 Å². The van der Waals surface area contributed by atoms with Crippen molar-refractivity contribution in [2.75, 3.05) is 20.3 Å². The summed E-state index contributed by atoms with van der Waals surface area (Å²) in [6.45, 7) is 7.23. The van der Waals surface area contributed by atoms with Gasteiger partial charge in [-0.2, -0.15) is 0 Å². The molecule has 0 aromatic heterocycles. The Morgan fingerprint density at radius 1 is 0.969 bits per heavy atom. The lowest BCUT2D eigenvalue weighted by Crippen LogP contribution is -2.48. The smallest absolute Gasteiger partial charge is 0.242 e. The number of carbonyl (C=O) groups is 2. The molecule has 0 saturated carbocycles. The molecule has 0 aliphatic carbocycles. The number of nitrogens with zero attached hydrogens (tertiary/aromatic N) is 1. The van der Waals surface area contributed by atoms with Crippen LogP contribution >= 0.6 is 0 Å². The molecule has 1 N–H and O–H groups in total. The number of ether oxygens (including phenoxy) is 2. The van der Waals surface area contributed by atoms with Crippen LogP contribution in [0.2, 0.25) is 0 Å². The minimum atomic E-state index is -0.577. The third kappa shape index (κ3) is 8.71. The maximum absolute atomic E-state index is 13.1. The maximum Gasteiger partial charge on any atom is 0.242 e. The van der Waals surface area contributed by atoms with E-state index in [-0.39, 0.29) is 17.9 Å². The lowest BCUT2D eigenvalue weighted by molar-refractivity contribution is -0.140. The predicted octanol–water partition coefficient (Wildman–Crippen LogP) is 3.98. The molecule has 1 atom stereocenters. The fourth-order valence-electron chi connectivity index (χ4n) is 3.30. The first-order valence-electron chi connectivity index (χ1n) is 11.3. The molecule has 0 unspecified atom stereocenters. The largest absolute Gasteiger partial charge is 0.497 e. The second-order valence-corrected chi connectivity index (χ2v) is 8.10. The summed E-state index contributed by atoms with van der Waals surface area (Å²) in [6.07, 6.45) is 1.89. The topological polar surface area (TPSA) is 67.9 Å². The van der Waals surface area contributed by atoms with Gasteiger partial charge in [0.2, 0.25) is 11.8 Å². The Morgan fingerprint density at radius 2 is 1.66 bits per heavy atom. The molecule has 2 aromatic carbocycles. The van der Waals surface area contributed by atoms with Crippen molar-refractivity contribution < 1.29 is 19.1 Å². The number of amides is 2. The molecule has 0 heterocycles. The Kier molecular flexibility index (Phi) is 10.7. The summed E-state index contributed by atoms with van der Waals surface area (Å²) in [7, 11) is 1.62. The highest BCUT2D eigenvalue weighted by Crippen LogP contribution is 2.16. The second-order valence-electron chi connectivity index (χ2n) is 8.10. The zero-order valence-corrected chi connectivity index (χ0v) is 19.7. The van der Waals surface area contributed by atoms with Gasteiger partial charge >= 0.3 is 0 Å². The summed E-state index contributed by atoms with van der Waals surface area (Å²) >= 11 is 0. The maximum atomic E-state index is 13.1. The average Bonchev–Trinajstić information content (AvgIpc) is 2.81. The van der Waals surface area contributed by atoms with E-state index in [9.17, 15) is 9.59 Å². The van der Waals surface area contributed by atoms with Crippen molar-refractivity contribution >= 4 is 11.8 Å². The summed E-state index contributed by atoms with van der Waals surface area (Å²) < 4.78 is 10.7. The first-order chi connectivity index (χ1) is 15.4. The summed E-state index contributed by atoms with van der Waals surface area (Å²) in [5, 5.41) is 2.94. The van der Waals surface area contributed by atoms with Crippen molar-refractivity contribution in [1.29, 1.82) is 0 Å². The van der Waals surface area contributed by atoms with Gasteiger partial charge in [0.05, 0.1) is 13.2 Å². The van der Waals surface area contributed by atoms with Gasteiger partial charge in [-0.15, -0.1) is 0 Å². The SMILES string of the molecule is COc1ccc(CN(C(=O)CCc2ccccc2)[C@H](C)C(=O)NCCCOC(C)C)cc1. The zero-order valence-electron chi connectivity index (χ0n) is 19.7. The monoisotopic (exact) mass is 440 g/mol. The summed E-state index contributed by atoms with van der Waals surface area (Å²) in [4.78, 5) is 27.6. The molecule has 2 rings (SSSR count). The van der Waals surface area contributed by atoms with Crippen LogP contribution in [0.25, 0.3) is 0 Å². The van der Waals surface area contributed by atoms with Crippen LogP contribution in [-0.4, -0.2) is 49.1 Å². The predicted molar refractivity (Wildman–Crippen MR) is 126 cm³/mol. The number of rotatable bonds is 13. The number of aryl methyl sites for hydroxylation is 1. The molecule has 2 amide bonds. The molecule has 0 spiro atoms. The number of hydrogen-bond donors (Lipinski definition) is 1. The Balaban J connectivity index is 2.02. The van der Waals surface area contributed by atoms with E-state index >= 15 is 0 Å². The van der Waals surface area contributed by atoms with E-state index in [0.29, 0.717) is 32.5 Å². The number of carbonyl (C=O) groups excluding carboxylic acids is 2. The highest BCUT2D eigenvalue weighted by Gasteiger charge is 2.25. The zero-order chi connectivity index (χ0) is 23.3. The molecule has 0 aliphatic heterocycles. The van der Waals surface area contributed by atoms with Gasteiger partial charge in [-0.25, -0.2) is 0 Å². The fourth-order valence-corrected chi connectivity index (χ4v) is 3.30. The van der Waals surface area contributed by atoms with Gasteiger partial charge in [-0.3, -0.25) is 9.59 Å². The second kappa shape index (κ2) is 13.5. The van der Waals surface area contributed by atoms with Gasteiger partial charge in [-0.05, 0) is 56.9 Å². The molecule has 2 aromatic rings. The lowest BCUT2D eigenvalue weighted by Gasteiger charge is -2.29. The Hall–Kier alpha value is -2.86. The average molecular weight is 441 g/mol. The van der Waals surface area contributed by atoms with E-state index in [2.05, 4.69) is 5.32 Å². The van der Waals surface area contributed by atoms with E-state index in [1.165, 1.54) is 0 Å². The molecule has 6 heteroatoms. The van der Waals surface area contributed by atoms with Crippen LogP contribution < -0.4 is 10.1 Å². The number of benzene rings is 2. The van der Waals surface area contributed by atoms with Gasteiger partial charge in [-0.1, -0.05) is 42.5 Å². The van der Waals surface area contributed by atoms with Crippen LogP contribution in [0.1, 0.15) is 44.7 Å². The van der Waals surface area contributed by atoms with Crippen LogP contribution in [-0.2, 0) is 27.3 Å². The van der Waals surface area contributed by atoms with E-state index < -0.39 is 6.04 Å². The molecule has 0 aliphatic rings. The van der Waals surface area contributed by atoms with Crippen LogP contribution in [0.3, 0.4) is 0 Å². The molecular weight excluding hydrogens is 404 g/mol. The molecule has 174 valence electrons. The quantitative estimate of drug-likeness (QED) is 0.479. The van der Waals surface area contributed by atoms with Gasteiger partial charge in [0.15, 0.2) is 0 Å². The Labute approximate surface area is 191 Å². The minimum Gasteiger partial charge on any atom is -0.497 e. The molecule has 0 bridgehead atoms. The highest BCUT2D eigenvalue weighted by molar-refractivity contribution is 5.87. The van der Waals surface area contributed by atoms with Gasteiger partial charge < -0.3 is 19.7 Å².